The van der Waals surface area contributed by atoms with Crippen molar-refractivity contribution < 1.29 is 4.79 Å². The fourth-order valence-electron chi connectivity index (χ4n) is 2.72. The van der Waals surface area contributed by atoms with Crippen LogP contribution in [0.2, 0.25) is 0 Å². The van der Waals surface area contributed by atoms with Crippen LogP contribution in [-0.4, -0.2) is 54.5 Å². The number of amides is 1. The monoisotopic (exact) mass is 253 g/mol. The van der Waals surface area contributed by atoms with E-state index in [1.807, 2.05) is 0 Å². The molecule has 0 unspecified atom stereocenters. The molecule has 0 aromatic rings. The highest BCUT2D eigenvalue weighted by Crippen LogP contribution is 2.26. The lowest BCUT2D eigenvalue weighted by molar-refractivity contribution is -0.132. The van der Waals surface area contributed by atoms with Crippen molar-refractivity contribution in [2.45, 2.75) is 51.0 Å². The van der Waals surface area contributed by atoms with Crippen molar-refractivity contribution in [1.82, 2.24) is 9.80 Å². The van der Waals surface area contributed by atoms with Gasteiger partial charge in [-0.2, -0.15) is 0 Å². The van der Waals surface area contributed by atoms with Gasteiger partial charge in [-0.25, -0.2) is 0 Å². The molecule has 4 heteroatoms. The third-order valence-corrected chi connectivity index (χ3v) is 4.01. The molecule has 104 valence electrons. The Morgan fingerprint density at radius 2 is 1.83 bits per heavy atom. The molecule has 0 bridgehead atoms. The molecule has 0 aromatic carbocycles. The Kier molecular flexibility index (Phi) is 5.45. The first kappa shape index (κ1) is 13.8. The summed E-state index contributed by atoms with van der Waals surface area (Å²) < 4.78 is 0. The lowest BCUT2D eigenvalue weighted by Gasteiger charge is -2.26. The van der Waals surface area contributed by atoms with Crippen LogP contribution in [0.5, 0.6) is 0 Å². The molecule has 0 aromatic heterocycles. The SMILES string of the molecule is NCCCN(CC(=O)N1CCCCCC1)C1CC1. The molecule has 1 aliphatic carbocycles. The second-order valence-corrected chi connectivity index (χ2v) is 5.64. The summed E-state index contributed by atoms with van der Waals surface area (Å²) in [7, 11) is 0. The van der Waals surface area contributed by atoms with Gasteiger partial charge in [0.1, 0.15) is 0 Å². The zero-order valence-electron chi connectivity index (χ0n) is 11.4. The summed E-state index contributed by atoms with van der Waals surface area (Å²) in [5.74, 6) is 0.334. The molecule has 0 atom stereocenters. The predicted octanol–water partition coefficient (Wildman–Crippen LogP) is 1.20. The molecule has 0 radical (unpaired) electrons. The molecule has 1 heterocycles. The maximum absolute atomic E-state index is 12.3. The summed E-state index contributed by atoms with van der Waals surface area (Å²) in [4.78, 5) is 16.7. The Balaban J connectivity index is 1.79. The predicted molar refractivity (Wildman–Crippen MR) is 73.3 cm³/mol. The Bertz CT molecular complexity index is 258. The van der Waals surface area contributed by atoms with Crippen LogP contribution >= 0.6 is 0 Å². The summed E-state index contributed by atoms with van der Waals surface area (Å²) in [6.45, 7) is 4.26. The smallest absolute Gasteiger partial charge is 0.236 e. The van der Waals surface area contributed by atoms with Gasteiger partial charge in [0.15, 0.2) is 0 Å². The van der Waals surface area contributed by atoms with Gasteiger partial charge in [-0.3, -0.25) is 9.69 Å². The lowest BCUT2D eigenvalue weighted by Crippen LogP contribution is -2.42. The topological polar surface area (TPSA) is 49.6 Å². The highest BCUT2D eigenvalue weighted by molar-refractivity contribution is 5.78. The molecule has 0 spiro atoms. The number of carbonyl (C=O) groups is 1. The molecule has 2 fully saturated rings. The number of likely N-dealkylation sites (tertiary alicyclic amines) is 1. The molecule has 2 aliphatic rings. The molecule has 4 nitrogen and oxygen atoms in total. The molecular weight excluding hydrogens is 226 g/mol. The first-order valence-corrected chi connectivity index (χ1v) is 7.53. The van der Waals surface area contributed by atoms with Crippen molar-refractivity contribution in [2.24, 2.45) is 5.73 Å². The Morgan fingerprint density at radius 1 is 1.17 bits per heavy atom. The maximum Gasteiger partial charge on any atom is 0.236 e. The number of carbonyl (C=O) groups excluding carboxylic acids is 1. The van der Waals surface area contributed by atoms with Crippen molar-refractivity contribution >= 4 is 5.91 Å². The number of nitrogens with two attached hydrogens (primary N) is 1. The van der Waals surface area contributed by atoms with Crippen LogP contribution in [0.1, 0.15) is 44.9 Å². The third kappa shape index (κ3) is 4.25. The van der Waals surface area contributed by atoms with Gasteiger partial charge >= 0.3 is 0 Å². The normalized spacial score (nSPS) is 21.1. The fraction of sp³-hybridized carbons (Fsp3) is 0.929. The van der Waals surface area contributed by atoms with E-state index in [-0.39, 0.29) is 0 Å². The summed E-state index contributed by atoms with van der Waals surface area (Å²) in [6.07, 6.45) is 8.45. The lowest BCUT2D eigenvalue weighted by atomic mass is 10.2. The van der Waals surface area contributed by atoms with E-state index < -0.39 is 0 Å². The average molecular weight is 253 g/mol. The molecule has 1 saturated heterocycles. The van der Waals surface area contributed by atoms with Gasteiger partial charge in [0.2, 0.25) is 5.91 Å². The standard InChI is InChI=1S/C14H27N3O/c15-8-5-11-17(13-6-7-13)12-14(18)16-9-3-1-2-4-10-16/h13H,1-12,15H2. The number of nitrogens with zero attached hydrogens (tertiary/aromatic N) is 2. The molecule has 1 aliphatic heterocycles. The number of hydrogen-bond acceptors (Lipinski definition) is 3. The molecule has 2 rings (SSSR count). The molecule has 1 saturated carbocycles. The minimum absolute atomic E-state index is 0.334. The van der Waals surface area contributed by atoms with E-state index in [1.54, 1.807) is 0 Å². The van der Waals surface area contributed by atoms with E-state index in [2.05, 4.69) is 9.80 Å². The molecule has 18 heavy (non-hydrogen) atoms. The van der Waals surface area contributed by atoms with Gasteiger partial charge < -0.3 is 10.6 Å². The number of rotatable bonds is 6. The Hall–Kier alpha value is -0.610. The zero-order chi connectivity index (χ0) is 12.8. The largest absolute Gasteiger partial charge is 0.342 e. The van der Waals surface area contributed by atoms with Crippen molar-refractivity contribution in [2.75, 3.05) is 32.7 Å². The number of hydrogen-bond donors (Lipinski definition) is 1. The minimum atomic E-state index is 0.334. The second kappa shape index (κ2) is 7.10. The van der Waals surface area contributed by atoms with Crippen molar-refractivity contribution in [3.8, 4) is 0 Å². The highest BCUT2D eigenvalue weighted by atomic mass is 16.2. The van der Waals surface area contributed by atoms with Gasteiger partial charge in [0.25, 0.3) is 0 Å². The van der Waals surface area contributed by atoms with Crippen molar-refractivity contribution in [3.63, 3.8) is 0 Å². The van der Waals surface area contributed by atoms with Gasteiger partial charge in [0, 0.05) is 25.7 Å². The zero-order valence-corrected chi connectivity index (χ0v) is 11.4. The van der Waals surface area contributed by atoms with Gasteiger partial charge in [-0.15, -0.1) is 0 Å². The van der Waals surface area contributed by atoms with Crippen LogP contribution in [-0.2, 0) is 4.79 Å². The molecule has 1 amide bonds. The quantitative estimate of drug-likeness (QED) is 0.774. The van der Waals surface area contributed by atoms with Crippen LogP contribution in [0.25, 0.3) is 0 Å². The second-order valence-electron chi connectivity index (χ2n) is 5.64. The van der Waals surface area contributed by atoms with E-state index in [4.69, 9.17) is 5.73 Å². The van der Waals surface area contributed by atoms with E-state index >= 15 is 0 Å². The van der Waals surface area contributed by atoms with E-state index in [0.717, 1.165) is 32.6 Å². The van der Waals surface area contributed by atoms with Crippen molar-refractivity contribution in [1.29, 1.82) is 0 Å². The average Bonchev–Trinajstić information content (AvgIpc) is 3.18. The minimum Gasteiger partial charge on any atom is -0.342 e. The van der Waals surface area contributed by atoms with Crippen LogP contribution in [0, 0.1) is 0 Å². The maximum atomic E-state index is 12.3. The first-order chi connectivity index (χ1) is 8.81. The van der Waals surface area contributed by atoms with Crippen LogP contribution < -0.4 is 5.73 Å². The van der Waals surface area contributed by atoms with Crippen LogP contribution in [0.15, 0.2) is 0 Å². The summed E-state index contributed by atoms with van der Waals surface area (Å²) in [5, 5.41) is 0. The van der Waals surface area contributed by atoms with Crippen LogP contribution in [0.3, 0.4) is 0 Å². The van der Waals surface area contributed by atoms with Gasteiger partial charge in [-0.05, 0) is 38.6 Å². The summed E-state index contributed by atoms with van der Waals surface area (Å²) in [6, 6.07) is 0.660. The highest BCUT2D eigenvalue weighted by Gasteiger charge is 2.30. The van der Waals surface area contributed by atoms with Crippen molar-refractivity contribution in [3.05, 3.63) is 0 Å². The van der Waals surface area contributed by atoms with Gasteiger partial charge in [-0.1, -0.05) is 12.8 Å². The molecule has 2 N–H and O–H groups in total. The third-order valence-electron chi connectivity index (χ3n) is 4.01. The van der Waals surface area contributed by atoms with E-state index in [9.17, 15) is 4.79 Å². The summed E-state index contributed by atoms with van der Waals surface area (Å²) >= 11 is 0. The Morgan fingerprint density at radius 3 is 2.39 bits per heavy atom. The molecular formula is C14H27N3O. The summed E-state index contributed by atoms with van der Waals surface area (Å²) in [5.41, 5.74) is 5.57. The first-order valence-electron chi connectivity index (χ1n) is 7.53. The fourth-order valence-corrected chi connectivity index (χ4v) is 2.72. The Labute approximate surface area is 110 Å². The van der Waals surface area contributed by atoms with Gasteiger partial charge in [0.05, 0.1) is 6.54 Å². The van der Waals surface area contributed by atoms with Crippen LogP contribution in [0.4, 0.5) is 0 Å². The van der Waals surface area contributed by atoms with E-state index in [1.165, 1.54) is 38.5 Å². The van der Waals surface area contributed by atoms with E-state index in [0.29, 0.717) is 18.5 Å².